The van der Waals surface area contributed by atoms with Crippen LogP contribution in [-0.2, 0) is 42.1 Å². The van der Waals surface area contributed by atoms with Gasteiger partial charge in [0, 0.05) is 38.3 Å². The Balaban J connectivity index is 1.44. The molecular weight excluding hydrogens is 590 g/mol. The Morgan fingerprint density at radius 1 is 0.660 bits per heavy atom. The van der Waals surface area contributed by atoms with E-state index in [1.165, 1.54) is 17.7 Å². The summed E-state index contributed by atoms with van der Waals surface area (Å²) in [5.74, 6) is -1.16. The molecule has 1 fully saturated rings. The molecule has 1 heterocycles. The van der Waals surface area contributed by atoms with E-state index in [9.17, 15) is 8.78 Å². The van der Waals surface area contributed by atoms with E-state index in [-0.39, 0.29) is 18.2 Å². The highest BCUT2D eigenvalue weighted by Crippen LogP contribution is 2.28. The molecule has 0 spiro atoms. The minimum atomic E-state index is -0.579. The van der Waals surface area contributed by atoms with Crippen molar-refractivity contribution < 1.29 is 18.3 Å². The topological polar surface area (TPSA) is 24.9 Å². The number of benzene rings is 5. The van der Waals surface area contributed by atoms with Crippen molar-refractivity contribution in [2.75, 3.05) is 19.8 Å². The molecule has 6 heteroatoms. The van der Waals surface area contributed by atoms with Gasteiger partial charge in [0.25, 0.3) is 0 Å². The Hall–Kier alpha value is -4.20. The van der Waals surface area contributed by atoms with Crippen LogP contribution in [0.5, 0.6) is 0 Å². The van der Waals surface area contributed by atoms with Crippen LogP contribution in [0.15, 0.2) is 140 Å². The summed E-state index contributed by atoms with van der Waals surface area (Å²) in [5, 5.41) is 0. The van der Waals surface area contributed by atoms with E-state index in [1.54, 1.807) is 0 Å². The van der Waals surface area contributed by atoms with E-state index >= 15 is 0 Å². The highest BCUT2D eigenvalue weighted by atomic mass is 19.1. The molecule has 0 saturated carbocycles. The molecule has 1 saturated heterocycles. The first-order valence-corrected chi connectivity index (χ1v) is 16.4. The largest absolute Gasteiger partial charge is 0.378 e. The van der Waals surface area contributed by atoms with Crippen LogP contribution in [0.1, 0.15) is 27.8 Å². The standard InChI is InChI=1S/C41H42F2N2O2/c42-37-23-36(24-38(43)26-37)25-39(45(28-33-15-7-2-8-16-33)29-34-17-9-3-10-18-34)41(47-30-35-19-11-4-12-20-35)40-31-46-22-21-44(40)27-32-13-5-1-6-14-32/h1-20,23-24,26,39-41H,21-22,25,27-31H2. The van der Waals surface area contributed by atoms with Crippen LogP contribution in [0, 0.1) is 11.6 Å². The summed E-state index contributed by atoms with van der Waals surface area (Å²) in [5.41, 5.74) is 5.19. The van der Waals surface area contributed by atoms with Crippen LogP contribution in [-0.4, -0.2) is 47.7 Å². The first-order valence-electron chi connectivity index (χ1n) is 16.4. The molecule has 0 radical (unpaired) electrons. The van der Waals surface area contributed by atoms with Crippen LogP contribution in [0.4, 0.5) is 8.78 Å². The summed E-state index contributed by atoms with van der Waals surface area (Å²) in [6.45, 7) is 4.30. The van der Waals surface area contributed by atoms with Crippen molar-refractivity contribution in [3.63, 3.8) is 0 Å². The molecule has 0 aromatic heterocycles. The molecule has 1 aliphatic rings. The van der Waals surface area contributed by atoms with Crippen molar-refractivity contribution in [3.8, 4) is 0 Å². The Morgan fingerprint density at radius 2 is 1.17 bits per heavy atom. The van der Waals surface area contributed by atoms with Gasteiger partial charge >= 0.3 is 0 Å². The molecule has 0 aliphatic carbocycles. The van der Waals surface area contributed by atoms with Gasteiger partial charge in [0.05, 0.1) is 32.0 Å². The zero-order valence-corrected chi connectivity index (χ0v) is 26.6. The zero-order chi connectivity index (χ0) is 32.3. The van der Waals surface area contributed by atoms with Crippen molar-refractivity contribution in [2.24, 2.45) is 0 Å². The van der Waals surface area contributed by atoms with E-state index in [0.29, 0.717) is 44.9 Å². The summed E-state index contributed by atoms with van der Waals surface area (Å²) in [6.07, 6.45) is 0.0294. The molecule has 0 amide bonds. The molecule has 5 aromatic rings. The summed E-state index contributed by atoms with van der Waals surface area (Å²) >= 11 is 0. The third kappa shape index (κ3) is 9.43. The second-order valence-electron chi connectivity index (χ2n) is 12.3. The van der Waals surface area contributed by atoms with E-state index in [1.807, 2.05) is 60.7 Å². The average molecular weight is 633 g/mol. The van der Waals surface area contributed by atoms with Gasteiger partial charge in [-0.1, -0.05) is 121 Å². The molecule has 3 unspecified atom stereocenters. The van der Waals surface area contributed by atoms with Gasteiger partial charge in [-0.25, -0.2) is 8.78 Å². The second kappa shape index (κ2) is 16.6. The predicted molar refractivity (Wildman–Crippen MR) is 182 cm³/mol. The highest BCUT2D eigenvalue weighted by molar-refractivity contribution is 5.23. The summed E-state index contributed by atoms with van der Waals surface area (Å²) in [7, 11) is 0. The normalized spacial score (nSPS) is 16.6. The molecule has 0 bridgehead atoms. The number of ether oxygens (including phenoxy) is 2. The lowest BCUT2D eigenvalue weighted by molar-refractivity contribution is -0.120. The number of halogens is 2. The van der Waals surface area contributed by atoms with Crippen LogP contribution in [0.2, 0.25) is 0 Å². The van der Waals surface area contributed by atoms with E-state index < -0.39 is 11.6 Å². The number of morpholine rings is 1. The molecule has 1 aliphatic heterocycles. The van der Waals surface area contributed by atoms with E-state index in [2.05, 4.69) is 70.5 Å². The van der Waals surface area contributed by atoms with Crippen LogP contribution >= 0.6 is 0 Å². The number of hydrogen-bond acceptors (Lipinski definition) is 4. The zero-order valence-electron chi connectivity index (χ0n) is 26.6. The van der Waals surface area contributed by atoms with Gasteiger partial charge in [0.1, 0.15) is 11.6 Å². The lowest BCUT2D eigenvalue weighted by Gasteiger charge is -2.46. The average Bonchev–Trinajstić information content (AvgIpc) is 3.10. The van der Waals surface area contributed by atoms with Crippen molar-refractivity contribution in [1.82, 2.24) is 9.80 Å². The van der Waals surface area contributed by atoms with Crippen molar-refractivity contribution in [3.05, 3.63) is 179 Å². The molecule has 47 heavy (non-hydrogen) atoms. The molecule has 242 valence electrons. The molecule has 6 rings (SSSR count). The van der Waals surface area contributed by atoms with Gasteiger partial charge in [-0.3, -0.25) is 9.80 Å². The minimum absolute atomic E-state index is 0.106. The lowest BCUT2D eigenvalue weighted by atomic mass is 9.92. The molecule has 3 atom stereocenters. The smallest absolute Gasteiger partial charge is 0.126 e. The van der Waals surface area contributed by atoms with E-state index in [0.717, 1.165) is 35.8 Å². The second-order valence-corrected chi connectivity index (χ2v) is 12.3. The summed E-state index contributed by atoms with van der Waals surface area (Å²) in [6, 6.07) is 44.8. The van der Waals surface area contributed by atoms with Gasteiger partial charge in [0.15, 0.2) is 0 Å². The highest BCUT2D eigenvalue weighted by Gasteiger charge is 2.39. The molecule has 0 N–H and O–H groups in total. The van der Waals surface area contributed by atoms with Gasteiger partial charge < -0.3 is 9.47 Å². The van der Waals surface area contributed by atoms with E-state index in [4.69, 9.17) is 9.47 Å². The number of rotatable bonds is 14. The summed E-state index contributed by atoms with van der Waals surface area (Å²) in [4.78, 5) is 4.87. The maximum atomic E-state index is 14.7. The van der Waals surface area contributed by atoms with Crippen molar-refractivity contribution in [2.45, 2.75) is 50.8 Å². The van der Waals surface area contributed by atoms with Crippen LogP contribution in [0.3, 0.4) is 0 Å². The SMILES string of the molecule is Fc1cc(F)cc(CC(C(OCc2ccccc2)C2COCCN2Cc2ccccc2)N(Cc2ccccc2)Cc2ccccc2)c1. The Kier molecular flexibility index (Phi) is 11.5. The van der Waals surface area contributed by atoms with Crippen molar-refractivity contribution in [1.29, 1.82) is 0 Å². The summed E-state index contributed by atoms with van der Waals surface area (Å²) < 4.78 is 42.6. The van der Waals surface area contributed by atoms with Gasteiger partial charge in [0.2, 0.25) is 0 Å². The lowest BCUT2D eigenvalue weighted by Crippen LogP contribution is -2.59. The molecule has 5 aromatic carbocycles. The number of nitrogens with zero attached hydrogens (tertiary/aromatic N) is 2. The maximum absolute atomic E-state index is 14.7. The Morgan fingerprint density at radius 3 is 1.72 bits per heavy atom. The fourth-order valence-corrected chi connectivity index (χ4v) is 6.57. The molecular formula is C41H42F2N2O2. The molecule has 4 nitrogen and oxygen atoms in total. The van der Waals surface area contributed by atoms with Crippen molar-refractivity contribution >= 4 is 0 Å². The third-order valence-corrected chi connectivity index (χ3v) is 8.85. The van der Waals surface area contributed by atoms with Gasteiger partial charge in [-0.2, -0.15) is 0 Å². The Labute approximate surface area is 277 Å². The fourth-order valence-electron chi connectivity index (χ4n) is 6.57. The quantitative estimate of drug-likeness (QED) is 0.124. The van der Waals surface area contributed by atoms with Crippen LogP contribution < -0.4 is 0 Å². The number of hydrogen-bond donors (Lipinski definition) is 0. The van der Waals surface area contributed by atoms with Crippen LogP contribution in [0.25, 0.3) is 0 Å². The third-order valence-electron chi connectivity index (χ3n) is 8.85. The minimum Gasteiger partial charge on any atom is -0.378 e. The fraction of sp³-hybridized carbons (Fsp3) is 0.268. The maximum Gasteiger partial charge on any atom is 0.126 e. The Bertz CT molecular complexity index is 1580. The first kappa shape index (κ1) is 32.7. The van der Waals surface area contributed by atoms with Gasteiger partial charge in [-0.15, -0.1) is 0 Å². The van der Waals surface area contributed by atoms with Gasteiger partial charge in [-0.05, 0) is 46.4 Å². The monoisotopic (exact) mass is 632 g/mol. The predicted octanol–water partition coefficient (Wildman–Crippen LogP) is 8.06. The first-order chi connectivity index (χ1) is 23.1.